The summed E-state index contributed by atoms with van der Waals surface area (Å²) < 4.78 is 10.2. The molecule has 29 heavy (non-hydrogen) atoms. The minimum absolute atomic E-state index is 0.108. The molecule has 170 valence electrons. The molecule has 0 saturated carbocycles. The number of ether oxygens (including phenoxy) is 2. The van der Waals surface area contributed by atoms with Gasteiger partial charge in [0.05, 0.1) is 0 Å². The lowest BCUT2D eigenvalue weighted by Gasteiger charge is -2.13. The van der Waals surface area contributed by atoms with Crippen molar-refractivity contribution in [2.24, 2.45) is 0 Å². The fourth-order valence-electron chi connectivity index (χ4n) is 3.24. The summed E-state index contributed by atoms with van der Waals surface area (Å²) in [5.74, 6) is -0.658. The first-order valence-corrected chi connectivity index (χ1v) is 12.0. The van der Waals surface area contributed by atoms with Crippen molar-refractivity contribution in [1.82, 2.24) is 0 Å². The van der Waals surface area contributed by atoms with Crippen molar-refractivity contribution in [2.75, 3.05) is 6.61 Å². The lowest BCUT2D eigenvalue weighted by atomic mass is 10.0. The maximum atomic E-state index is 11.7. The number of carbonyl (C=O) groups is 2. The zero-order valence-corrected chi connectivity index (χ0v) is 19.4. The van der Waals surface area contributed by atoms with Crippen LogP contribution >= 0.6 is 0 Å². The van der Waals surface area contributed by atoms with Crippen molar-refractivity contribution in [3.63, 3.8) is 0 Å². The van der Waals surface area contributed by atoms with E-state index >= 15 is 0 Å². The summed E-state index contributed by atoms with van der Waals surface area (Å²) in [6.45, 7) is 9.21. The van der Waals surface area contributed by atoms with Crippen LogP contribution in [0.1, 0.15) is 124 Å². The topological polar surface area (TPSA) is 52.6 Å². The maximum absolute atomic E-state index is 11.7. The summed E-state index contributed by atoms with van der Waals surface area (Å²) in [7, 11) is 0. The monoisotopic (exact) mass is 410 g/mol. The van der Waals surface area contributed by atoms with Crippen molar-refractivity contribution in [1.29, 1.82) is 0 Å². The molecule has 0 rings (SSSR count). The van der Waals surface area contributed by atoms with E-state index in [2.05, 4.69) is 13.5 Å². The molecule has 0 aromatic heterocycles. The molecule has 0 aliphatic heterocycles. The van der Waals surface area contributed by atoms with Crippen LogP contribution in [0.4, 0.5) is 0 Å². The first-order valence-electron chi connectivity index (χ1n) is 12.0. The second kappa shape index (κ2) is 20.0. The van der Waals surface area contributed by atoms with Gasteiger partial charge in [-0.3, -0.25) is 4.79 Å². The molecule has 1 atom stereocenters. The van der Waals surface area contributed by atoms with Gasteiger partial charge in [0, 0.05) is 12.0 Å². The van der Waals surface area contributed by atoms with Crippen LogP contribution in [0.3, 0.4) is 0 Å². The smallest absolute Gasteiger partial charge is 0.333 e. The van der Waals surface area contributed by atoms with Crippen molar-refractivity contribution < 1.29 is 19.1 Å². The van der Waals surface area contributed by atoms with Gasteiger partial charge >= 0.3 is 11.9 Å². The molecule has 0 aromatic carbocycles. The summed E-state index contributed by atoms with van der Waals surface area (Å²) >= 11 is 0. The van der Waals surface area contributed by atoms with Crippen LogP contribution in [0, 0.1) is 0 Å². The normalized spacial score (nSPS) is 11.8. The lowest BCUT2D eigenvalue weighted by Crippen LogP contribution is -2.22. The molecule has 4 nitrogen and oxygen atoms in total. The molecular formula is C25H46O4. The van der Waals surface area contributed by atoms with E-state index in [-0.39, 0.29) is 12.6 Å². The lowest BCUT2D eigenvalue weighted by molar-refractivity contribution is -0.155. The third kappa shape index (κ3) is 19.8. The molecular weight excluding hydrogens is 364 g/mol. The Morgan fingerprint density at radius 3 is 1.59 bits per heavy atom. The van der Waals surface area contributed by atoms with Gasteiger partial charge in [-0.1, -0.05) is 103 Å². The van der Waals surface area contributed by atoms with E-state index in [0.29, 0.717) is 12.0 Å². The number of hydrogen-bond acceptors (Lipinski definition) is 4. The Labute approximate surface area is 179 Å². The van der Waals surface area contributed by atoms with Gasteiger partial charge in [-0.15, -0.1) is 0 Å². The number of unbranched alkanes of at least 4 members (excludes halogenated alkanes) is 14. The number of carbonyl (C=O) groups excluding carboxylic acids is 2. The largest absolute Gasteiger partial charge is 0.462 e. The fraction of sp³-hybridized carbons (Fsp3) is 0.840. The third-order valence-electron chi connectivity index (χ3n) is 5.12. The van der Waals surface area contributed by atoms with E-state index < -0.39 is 12.1 Å². The maximum Gasteiger partial charge on any atom is 0.333 e. The van der Waals surface area contributed by atoms with Crippen LogP contribution in [0.15, 0.2) is 12.2 Å². The molecule has 0 N–H and O–H groups in total. The van der Waals surface area contributed by atoms with Crippen LogP contribution in [-0.2, 0) is 19.1 Å². The standard InChI is InChI=1S/C25H46O4/c1-5-6-7-8-9-10-11-12-13-14-15-16-17-18-19-20-24(26)28-21-23(4)29-25(27)22(2)3/h23H,2,5-21H2,1,3-4H3. The Hall–Kier alpha value is -1.32. The molecule has 0 fully saturated rings. The van der Waals surface area contributed by atoms with Gasteiger partial charge in [-0.05, 0) is 20.3 Å². The molecule has 0 aliphatic rings. The highest BCUT2D eigenvalue weighted by Gasteiger charge is 2.12. The SMILES string of the molecule is C=C(C)C(=O)OC(C)COC(=O)CCCCCCCCCCCCCCCCC. The minimum Gasteiger partial charge on any atom is -0.462 e. The Bertz CT molecular complexity index is 431. The molecule has 0 aromatic rings. The molecule has 0 spiro atoms. The Balaban J connectivity index is 3.32. The van der Waals surface area contributed by atoms with E-state index in [0.717, 1.165) is 12.8 Å². The summed E-state index contributed by atoms with van der Waals surface area (Å²) in [5.41, 5.74) is 0.348. The van der Waals surface area contributed by atoms with Crippen molar-refractivity contribution in [2.45, 2.75) is 130 Å². The number of rotatable bonds is 20. The Morgan fingerprint density at radius 2 is 1.17 bits per heavy atom. The Morgan fingerprint density at radius 1 is 0.759 bits per heavy atom. The number of hydrogen-bond donors (Lipinski definition) is 0. The summed E-state index contributed by atoms with van der Waals surface area (Å²) in [6, 6.07) is 0. The average molecular weight is 411 g/mol. The van der Waals surface area contributed by atoms with E-state index in [4.69, 9.17) is 9.47 Å². The van der Waals surface area contributed by atoms with Gasteiger partial charge < -0.3 is 9.47 Å². The molecule has 0 radical (unpaired) electrons. The molecule has 1 unspecified atom stereocenters. The van der Waals surface area contributed by atoms with Crippen LogP contribution in [-0.4, -0.2) is 24.6 Å². The van der Waals surface area contributed by atoms with Gasteiger partial charge in [-0.2, -0.15) is 0 Å². The van der Waals surface area contributed by atoms with E-state index in [1.54, 1.807) is 13.8 Å². The van der Waals surface area contributed by atoms with E-state index in [1.165, 1.54) is 83.5 Å². The van der Waals surface area contributed by atoms with Gasteiger partial charge in [0.15, 0.2) is 0 Å². The third-order valence-corrected chi connectivity index (χ3v) is 5.12. The van der Waals surface area contributed by atoms with Crippen LogP contribution in [0.2, 0.25) is 0 Å². The predicted molar refractivity (Wildman–Crippen MR) is 121 cm³/mol. The highest BCUT2D eigenvalue weighted by molar-refractivity contribution is 5.87. The molecule has 0 bridgehead atoms. The van der Waals surface area contributed by atoms with Gasteiger partial charge in [0.25, 0.3) is 0 Å². The zero-order valence-electron chi connectivity index (χ0n) is 19.4. The second-order valence-electron chi connectivity index (χ2n) is 8.38. The highest BCUT2D eigenvalue weighted by atomic mass is 16.6. The van der Waals surface area contributed by atoms with Gasteiger partial charge in [0.2, 0.25) is 0 Å². The minimum atomic E-state index is -0.448. The molecule has 0 amide bonds. The predicted octanol–water partition coefficient (Wildman–Crippen LogP) is 7.30. The summed E-state index contributed by atoms with van der Waals surface area (Å²) in [6.07, 6.45) is 19.6. The molecule has 0 saturated heterocycles. The average Bonchev–Trinajstić information content (AvgIpc) is 2.69. The van der Waals surface area contributed by atoms with Crippen LogP contribution in [0.25, 0.3) is 0 Å². The Kier molecular flexibility index (Phi) is 19.1. The molecule has 0 aliphatic carbocycles. The van der Waals surface area contributed by atoms with Crippen LogP contribution < -0.4 is 0 Å². The summed E-state index contributed by atoms with van der Waals surface area (Å²) in [4.78, 5) is 23.1. The van der Waals surface area contributed by atoms with Gasteiger partial charge in [-0.25, -0.2) is 4.79 Å². The first kappa shape index (κ1) is 27.7. The van der Waals surface area contributed by atoms with Crippen LogP contribution in [0.5, 0.6) is 0 Å². The van der Waals surface area contributed by atoms with E-state index in [9.17, 15) is 9.59 Å². The quantitative estimate of drug-likeness (QED) is 0.120. The van der Waals surface area contributed by atoms with Gasteiger partial charge in [0.1, 0.15) is 12.7 Å². The molecule has 0 heterocycles. The van der Waals surface area contributed by atoms with Crippen molar-refractivity contribution >= 4 is 11.9 Å². The first-order chi connectivity index (χ1) is 14.0. The second-order valence-corrected chi connectivity index (χ2v) is 8.38. The van der Waals surface area contributed by atoms with Crippen molar-refractivity contribution in [3.8, 4) is 0 Å². The fourth-order valence-corrected chi connectivity index (χ4v) is 3.24. The van der Waals surface area contributed by atoms with E-state index in [1.807, 2.05) is 0 Å². The zero-order chi connectivity index (χ0) is 21.7. The van der Waals surface area contributed by atoms with Crippen molar-refractivity contribution in [3.05, 3.63) is 12.2 Å². The highest BCUT2D eigenvalue weighted by Crippen LogP contribution is 2.14. The summed E-state index contributed by atoms with van der Waals surface area (Å²) in [5, 5.41) is 0. The number of esters is 2. The molecule has 4 heteroatoms.